The van der Waals surface area contributed by atoms with E-state index in [1.807, 2.05) is 30.5 Å². The molecule has 2 aromatic carbocycles. The van der Waals surface area contributed by atoms with Gasteiger partial charge in [0.15, 0.2) is 0 Å². The first-order chi connectivity index (χ1) is 12.2. The third kappa shape index (κ3) is 4.16. The minimum absolute atomic E-state index is 0.216. The van der Waals surface area contributed by atoms with Crippen LogP contribution in [0.3, 0.4) is 0 Å². The van der Waals surface area contributed by atoms with Crippen LogP contribution < -0.4 is 0 Å². The minimum atomic E-state index is -0.216. The Morgan fingerprint density at radius 3 is 2.00 bits per heavy atom. The van der Waals surface area contributed by atoms with E-state index in [2.05, 4.69) is 33.9 Å². The predicted molar refractivity (Wildman–Crippen MR) is 113 cm³/mol. The zero-order valence-corrected chi connectivity index (χ0v) is 16.9. The van der Waals surface area contributed by atoms with E-state index in [1.165, 1.54) is 0 Å². The second-order valence-corrected chi connectivity index (χ2v) is 8.33. The second-order valence-electron chi connectivity index (χ2n) is 7.45. The maximum atomic E-state index is 10.8. The van der Waals surface area contributed by atoms with Crippen molar-refractivity contribution in [1.29, 1.82) is 0 Å². The zero-order valence-electron chi connectivity index (χ0n) is 16.1. The van der Waals surface area contributed by atoms with E-state index in [4.69, 9.17) is 0 Å². The molecular formula is C23H28O2S. The molecule has 0 amide bonds. The van der Waals surface area contributed by atoms with E-state index in [9.17, 15) is 10.2 Å². The molecule has 0 saturated heterocycles. The van der Waals surface area contributed by atoms with Gasteiger partial charge in [-0.1, -0.05) is 32.9 Å². The van der Waals surface area contributed by atoms with Gasteiger partial charge in [-0.15, -0.1) is 24.9 Å². The topological polar surface area (TPSA) is 40.5 Å². The predicted octanol–water partition coefficient (Wildman–Crippen LogP) is 6.24. The summed E-state index contributed by atoms with van der Waals surface area (Å²) in [6.07, 6.45) is 6.78. The van der Waals surface area contributed by atoms with Gasteiger partial charge in [0.2, 0.25) is 0 Å². The van der Waals surface area contributed by atoms with E-state index >= 15 is 0 Å². The Balaban J connectivity index is 2.79. The van der Waals surface area contributed by atoms with Crippen LogP contribution in [0, 0.1) is 0 Å². The number of aromatic hydroxyl groups is 2. The Morgan fingerprint density at radius 1 is 0.923 bits per heavy atom. The third-order valence-corrected chi connectivity index (χ3v) is 5.14. The molecule has 0 heterocycles. The summed E-state index contributed by atoms with van der Waals surface area (Å²) in [6.45, 7) is 13.8. The highest BCUT2D eigenvalue weighted by Gasteiger charge is 2.22. The molecule has 0 unspecified atom stereocenters. The molecule has 26 heavy (non-hydrogen) atoms. The van der Waals surface area contributed by atoms with Gasteiger partial charge in [-0.3, -0.25) is 0 Å². The molecule has 2 N–H and O–H groups in total. The third-order valence-electron chi connectivity index (χ3n) is 4.43. The van der Waals surface area contributed by atoms with Crippen LogP contribution in [0.5, 0.6) is 11.5 Å². The number of allylic oxidation sites excluding steroid dienone is 2. The lowest BCUT2D eigenvalue weighted by Crippen LogP contribution is -2.12. The fraction of sp³-hybridized carbons (Fsp3) is 0.304. The van der Waals surface area contributed by atoms with Gasteiger partial charge >= 0.3 is 0 Å². The van der Waals surface area contributed by atoms with Crippen LogP contribution in [0.25, 0.3) is 11.1 Å². The molecule has 2 aromatic rings. The summed E-state index contributed by atoms with van der Waals surface area (Å²) in [5.41, 5.74) is 4.02. The van der Waals surface area contributed by atoms with Gasteiger partial charge in [-0.25, -0.2) is 0 Å². The average molecular weight is 369 g/mol. The van der Waals surface area contributed by atoms with Gasteiger partial charge < -0.3 is 10.2 Å². The van der Waals surface area contributed by atoms with Crippen molar-refractivity contribution in [2.75, 3.05) is 6.26 Å². The molecule has 0 atom stereocenters. The maximum Gasteiger partial charge on any atom is 0.126 e. The van der Waals surface area contributed by atoms with Crippen LogP contribution in [-0.2, 0) is 18.3 Å². The van der Waals surface area contributed by atoms with Crippen molar-refractivity contribution in [1.82, 2.24) is 0 Å². The molecule has 0 aliphatic heterocycles. The van der Waals surface area contributed by atoms with Crippen molar-refractivity contribution in [3.05, 3.63) is 66.3 Å². The van der Waals surface area contributed by atoms with Crippen LogP contribution in [0.1, 0.15) is 37.5 Å². The van der Waals surface area contributed by atoms with Crippen molar-refractivity contribution in [2.45, 2.75) is 43.9 Å². The summed E-state index contributed by atoms with van der Waals surface area (Å²) < 4.78 is 0. The first kappa shape index (κ1) is 20.2. The van der Waals surface area contributed by atoms with Crippen LogP contribution in [0.15, 0.2) is 54.5 Å². The van der Waals surface area contributed by atoms with Gasteiger partial charge in [0.25, 0.3) is 0 Å². The highest BCUT2D eigenvalue weighted by molar-refractivity contribution is 7.98. The van der Waals surface area contributed by atoms with E-state index < -0.39 is 0 Å². The number of hydrogen-bond donors (Lipinski definition) is 2. The monoisotopic (exact) mass is 368 g/mol. The summed E-state index contributed by atoms with van der Waals surface area (Å²) in [4.78, 5) is 1.09. The number of rotatable bonds is 6. The van der Waals surface area contributed by atoms with Crippen molar-refractivity contribution >= 4 is 11.8 Å². The van der Waals surface area contributed by atoms with E-state index in [0.717, 1.165) is 32.7 Å². The molecule has 0 spiro atoms. The number of thioether (sulfide) groups is 1. The number of phenolic OH excluding ortho intramolecular Hbond substituents is 2. The van der Waals surface area contributed by atoms with Gasteiger partial charge in [0.1, 0.15) is 11.5 Å². The summed E-state index contributed by atoms with van der Waals surface area (Å²) in [5, 5.41) is 21.5. The van der Waals surface area contributed by atoms with Crippen LogP contribution in [0.2, 0.25) is 0 Å². The van der Waals surface area contributed by atoms with Crippen LogP contribution in [0.4, 0.5) is 0 Å². The molecule has 0 saturated carbocycles. The number of phenols is 2. The minimum Gasteiger partial charge on any atom is -0.507 e. The van der Waals surface area contributed by atoms with Gasteiger partial charge in [-0.05, 0) is 65.5 Å². The molecule has 0 aliphatic carbocycles. The molecule has 0 bridgehead atoms. The maximum absolute atomic E-state index is 10.8. The Labute approximate surface area is 161 Å². The summed E-state index contributed by atoms with van der Waals surface area (Å²) in [5.74, 6) is 0.589. The van der Waals surface area contributed by atoms with E-state index in [-0.39, 0.29) is 11.2 Å². The molecule has 2 rings (SSSR count). The molecule has 0 radical (unpaired) electrons. The molecule has 3 heteroatoms. The smallest absolute Gasteiger partial charge is 0.126 e. The summed E-state index contributed by atoms with van der Waals surface area (Å²) >= 11 is 1.64. The lowest BCUT2D eigenvalue weighted by atomic mass is 9.82. The first-order valence-corrected chi connectivity index (χ1v) is 9.93. The SMILES string of the molecule is C=CCc1cc(SC)cc(-c2cc(CC=C)c(O)c(C(C)(C)C)c2)c1O. The van der Waals surface area contributed by atoms with Gasteiger partial charge in [0.05, 0.1) is 0 Å². The highest BCUT2D eigenvalue weighted by atomic mass is 32.2. The van der Waals surface area contributed by atoms with Gasteiger partial charge in [0, 0.05) is 16.0 Å². The number of hydrogen-bond acceptors (Lipinski definition) is 3. The fourth-order valence-electron chi connectivity index (χ4n) is 3.05. The van der Waals surface area contributed by atoms with Crippen LogP contribution >= 0.6 is 11.8 Å². The largest absolute Gasteiger partial charge is 0.507 e. The zero-order chi connectivity index (χ0) is 19.5. The molecule has 2 nitrogen and oxygen atoms in total. The second kappa shape index (κ2) is 8.05. The molecule has 0 aromatic heterocycles. The first-order valence-electron chi connectivity index (χ1n) is 8.71. The lowest BCUT2D eigenvalue weighted by Gasteiger charge is -2.24. The van der Waals surface area contributed by atoms with E-state index in [1.54, 1.807) is 23.9 Å². The van der Waals surface area contributed by atoms with Gasteiger partial charge in [-0.2, -0.15) is 0 Å². The van der Waals surface area contributed by atoms with Crippen molar-refractivity contribution < 1.29 is 10.2 Å². The Kier molecular flexibility index (Phi) is 6.25. The normalized spacial score (nSPS) is 11.4. The van der Waals surface area contributed by atoms with Crippen molar-refractivity contribution in [3.63, 3.8) is 0 Å². The molecule has 0 aliphatic rings. The van der Waals surface area contributed by atoms with Crippen molar-refractivity contribution in [2.24, 2.45) is 0 Å². The summed E-state index contributed by atoms with van der Waals surface area (Å²) in [7, 11) is 0. The van der Waals surface area contributed by atoms with E-state index in [0.29, 0.717) is 18.6 Å². The molecule has 0 fully saturated rings. The quantitative estimate of drug-likeness (QED) is 0.468. The Morgan fingerprint density at radius 2 is 1.50 bits per heavy atom. The standard InChI is InChI=1S/C23H28O2S/c1-7-9-15-11-17(13-20(22(15)25)23(3,4)5)19-14-18(26-6)12-16(10-8-2)21(19)24/h7-8,11-14,24-25H,1-2,9-10H2,3-6H3. The lowest BCUT2D eigenvalue weighted by molar-refractivity contribution is 0.441. The number of benzene rings is 2. The Bertz CT molecular complexity index is 829. The Hall–Kier alpha value is -2.13. The molecule has 138 valence electrons. The fourth-order valence-corrected chi connectivity index (χ4v) is 3.54. The average Bonchev–Trinajstić information content (AvgIpc) is 2.58. The van der Waals surface area contributed by atoms with Crippen LogP contribution in [-0.4, -0.2) is 16.5 Å². The summed E-state index contributed by atoms with van der Waals surface area (Å²) in [6, 6.07) is 7.94. The molecular weight excluding hydrogens is 340 g/mol. The highest BCUT2D eigenvalue weighted by Crippen LogP contribution is 2.42. The van der Waals surface area contributed by atoms with Crippen molar-refractivity contribution in [3.8, 4) is 22.6 Å².